The molecule has 0 spiro atoms. The second-order valence-corrected chi connectivity index (χ2v) is 5.22. The number of aliphatic hydroxyl groups is 1. The van der Waals surface area contributed by atoms with Gasteiger partial charge in [0.15, 0.2) is 5.75 Å². The Bertz CT molecular complexity index is 766. The molecule has 24 heavy (non-hydrogen) atoms. The van der Waals surface area contributed by atoms with Crippen molar-refractivity contribution in [2.75, 3.05) is 18.1 Å². The highest BCUT2D eigenvalue weighted by atomic mass is 16.6. The zero-order valence-corrected chi connectivity index (χ0v) is 12.7. The topological polar surface area (TPSA) is 106 Å². The Morgan fingerprint density at radius 1 is 1.25 bits per heavy atom. The van der Waals surface area contributed by atoms with Crippen LogP contribution in [0.25, 0.3) is 0 Å². The predicted molar refractivity (Wildman–Crippen MR) is 84.8 cm³/mol. The molecule has 8 heteroatoms. The maximum Gasteiger partial charge on any atom is 0.366 e. The SMILES string of the molecule is O=C1C(c2ccccc2)Oc2ccc([N+](=O)[O-])nc2N1CCCO. The minimum absolute atomic E-state index is 0.106. The van der Waals surface area contributed by atoms with Crippen molar-refractivity contribution in [2.24, 2.45) is 0 Å². The summed E-state index contributed by atoms with van der Waals surface area (Å²) in [5.74, 6) is -0.325. The number of carbonyl (C=O) groups excluding carboxylic acids is 1. The van der Waals surface area contributed by atoms with Crippen LogP contribution in [0.1, 0.15) is 18.1 Å². The number of fused-ring (bicyclic) bond motifs is 1. The number of anilines is 1. The van der Waals surface area contributed by atoms with Crippen LogP contribution in [-0.2, 0) is 4.79 Å². The average Bonchev–Trinajstić information content (AvgIpc) is 2.60. The summed E-state index contributed by atoms with van der Waals surface area (Å²) in [6, 6.07) is 11.7. The van der Waals surface area contributed by atoms with Gasteiger partial charge in [0.25, 0.3) is 11.7 Å². The standard InChI is InChI=1S/C16H15N3O5/c20-10-4-9-18-15-12(7-8-13(17-15)19(22)23)24-14(16(18)21)11-5-2-1-3-6-11/h1-3,5-8,14,20H,4,9-10H2. The van der Waals surface area contributed by atoms with Crippen LogP contribution < -0.4 is 9.64 Å². The fourth-order valence-electron chi connectivity index (χ4n) is 2.52. The van der Waals surface area contributed by atoms with Crippen molar-refractivity contribution in [3.05, 3.63) is 58.1 Å². The molecule has 1 unspecified atom stereocenters. The van der Waals surface area contributed by atoms with E-state index in [0.29, 0.717) is 17.7 Å². The monoisotopic (exact) mass is 329 g/mol. The number of pyridine rings is 1. The Balaban J connectivity index is 2.03. The maximum atomic E-state index is 12.8. The Labute approximate surface area is 137 Å². The van der Waals surface area contributed by atoms with Crippen LogP contribution in [0.5, 0.6) is 5.75 Å². The van der Waals surface area contributed by atoms with E-state index in [1.807, 2.05) is 6.07 Å². The first-order chi connectivity index (χ1) is 11.6. The van der Waals surface area contributed by atoms with Crippen molar-refractivity contribution in [3.8, 4) is 5.75 Å². The van der Waals surface area contributed by atoms with E-state index in [9.17, 15) is 14.9 Å². The highest BCUT2D eigenvalue weighted by Crippen LogP contribution is 2.38. The van der Waals surface area contributed by atoms with E-state index in [-0.39, 0.29) is 30.7 Å². The van der Waals surface area contributed by atoms with Crippen molar-refractivity contribution >= 4 is 17.5 Å². The van der Waals surface area contributed by atoms with E-state index in [4.69, 9.17) is 9.84 Å². The van der Waals surface area contributed by atoms with Crippen molar-refractivity contribution < 1.29 is 19.6 Å². The molecule has 124 valence electrons. The van der Waals surface area contributed by atoms with E-state index < -0.39 is 11.0 Å². The van der Waals surface area contributed by atoms with E-state index in [2.05, 4.69) is 4.98 Å². The van der Waals surface area contributed by atoms with E-state index in [0.717, 1.165) is 0 Å². The average molecular weight is 329 g/mol. The quantitative estimate of drug-likeness (QED) is 0.663. The zero-order valence-electron chi connectivity index (χ0n) is 12.7. The van der Waals surface area contributed by atoms with Gasteiger partial charge in [-0.05, 0) is 22.4 Å². The molecule has 1 aliphatic rings. The fraction of sp³-hybridized carbons (Fsp3) is 0.250. The van der Waals surface area contributed by atoms with Gasteiger partial charge in [-0.2, -0.15) is 0 Å². The summed E-state index contributed by atoms with van der Waals surface area (Å²) < 4.78 is 5.74. The summed E-state index contributed by atoms with van der Waals surface area (Å²) in [7, 11) is 0. The lowest BCUT2D eigenvalue weighted by Crippen LogP contribution is -2.42. The van der Waals surface area contributed by atoms with Gasteiger partial charge in [-0.3, -0.25) is 9.69 Å². The molecule has 1 aromatic heterocycles. The molecule has 8 nitrogen and oxygen atoms in total. The predicted octanol–water partition coefficient (Wildman–Crippen LogP) is 1.84. The smallest absolute Gasteiger partial charge is 0.366 e. The zero-order chi connectivity index (χ0) is 17.1. The van der Waals surface area contributed by atoms with Gasteiger partial charge < -0.3 is 20.0 Å². The first-order valence-corrected chi connectivity index (χ1v) is 7.41. The summed E-state index contributed by atoms with van der Waals surface area (Å²) in [6.45, 7) is 0.0914. The summed E-state index contributed by atoms with van der Waals surface area (Å²) in [5.41, 5.74) is 0.681. The first-order valence-electron chi connectivity index (χ1n) is 7.41. The molecule has 0 fully saturated rings. The number of ether oxygens (including phenoxy) is 1. The summed E-state index contributed by atoms with van der Waals surface area (Å²) in [4.78, 5) is 28.4. The van der Waals surface area contributed by atoms with Gasteiger partial charge in [-0.15, -0.1) is 0 Å². The number of carbonyl (C=O) groups is 1. The van der Waals surface area contributed by atoms with Gasteiger partial charge in [0.2, 0.25) is 6.10 Å². The number of amides is 1. The molecular formula is C16H15N3O5. The van der Waals surface area contributed by atoms with E-state index in [1.54, 1.807) is 24.3 Å². The number of aromatic nitrogens is 1. The molecule has 0 aliphatic carbocycles. The highest BCUT2D eigenvalue weighted by Gasteiger charge is 2.39. The third-order valence-corrected chi connectivity index (χ3v) is 3.64. The Morgan fingerprint density at radius 3 is 2.67 bits per heavy atom. The molecule has 3 rings (SSSR count). The van der Waals surface area contributed by atoms with Crippen LogP contribution >= 0.6 is 0 Å². The number of hydrogen-bond acceptors (Lipinski definition) is 6. The molecule has 0 bridgehead atoms. The summed E-state index contributed by atoms with van der Waals surface area (Å²) in [5, 5.41) is 20.0. The second-order valence-electron chi connectivity index (χ2n) is 5.22. The summed E-state index contributed by atoms with van der Waals surface area (Å²) >= 11 is 0. The number of benzene rings is 1. The summed E-state index contributed by atoms with van der Waals surface area (Å²) in [6.07, 6.45) is -0.516. The number of hydrogen-bond donors (Lipinski definition) is 1. The van der Waals surface area contributed by atoms with Crippen molar-refractivity contribution in [1.82, 2.24) is 4.98 Å². The first kappa shape index (κ1) is 15.9. The van der Waals surface area contributed by atoms with Crippen molar-refractivity contribution in [3.63, 3.8) is 0 Å². The fourth-order valence-corrected chi connectivity index (χ4v) is 2.52. The van der Waals surface area contributed by atoms with Gasteiger partial charge in [0.1, 0.15) is 0 Å². The minimum atomic E-state index is -0.847. The molecule has 2 heterocycles. The van der Waals surface area contributed by atoms with Crippen LogP contribution in [0.15, 0.2) is 42.5 Å². The molecular weight excluding hydrogens is 314 g/mol. The van der Waals surface area contributed by atoms with Crippen LogP contribution in [-0.4, -0.2) is 34.1 Å². The molecule has 0 saturated heterocycles. The molecule has 0 saturated carbocycles. The van der Waals surface area contributed by atoms with Crippen LogP contribution in [0.3, 0.4) is 0 Å². The molecule has 0 radical (unpaired) electrons. The Morgan fingerprint density at radius 2 is 2.00 bits per heavy atom. The molecule has 1 amide bonds. The normalized spacial score (nSPS) is 16.5. The van der Waals surface area contributed by atoms with Crippen LogP contribution in [0.2, 0.25) is 0 Å². The lowest BCUT2D eigenvalue weighted by molar-refractivity contribution is -0.389. The van der Waals surface area contributed by atoms with E-state index >= 15 is 0 Å². The van der Waals surface area contributed by atoms with Gasteiger partial charge in [0, 0.05) is 24.8 Å². The Kier molecular flexibility index (Phi) is 4.39. The minimum Gasteiger partial charge on any atom is -0.469 e. The largest absolute Gasteiger partial charge is 0.469 e. The van der Waals surface area contributed by atoms with Crippen molar-refractivity contribution in [2.45, 2.75) is 12.5 Å². The van der Waals surface area contributed by atoms with Gasteiger partial charge in [0.05, 0.1) is 0 Å². The van der Waals surface area contributed by atoms with Crippen LogP contribution in [0, 0.1) is 10.1 Å². The molecule has 2 aromatic rings. The van der Waals surface area contributed by atoms with Crippen molar-refractivity contribution in [1.29, 1.82) is 0 Å². The number of rotatable bonds is 5. The van der Waals surface area contributed by atoms with Gasteiger partial charge in [-0.1, -0.05) is 30.3 Å². The number of nitrogens with zero attached hydrogens (tertiary/aromatic N) is 3. The third kappa shape index (κ3) is 2.91. The molecule has 1 atom stereocenters. The van der Waals surface area contributed by atoms with E-state index in [1.165, 1.54) is 17.0 Å². The Hall–Kier alpha value is -3.00. The molecule has 1 N–H and O–H groups in total. The molecule has 1 aromatic carbocycles. The number of nitro groups is 1. The molecule has 1 aliphatic heterocycles. The second kappa shape index (κ2) is 6.63. The highest BCUT2D eigenvalue weighted by molar-refractivity contribution is 5.99. The van der Waals surface area contributed by atoms with Crippen LogP contribution in [0.4, 0.5) is 11.6 Å². The third-order valence-electron chi connectivity index (χ3n) is 3.64. The van der Waals surface area contributed by atoms with Gasteiger partial charge >= 0.3 is 5.82 Å². The lowest BCUT2D eigenvalue weighted by Gasteiger charge is -2.31. The maximum absolute atomic E-state index is 12.8. The number of aliphatic hydroxyl groups excluding tert-OH is 1. The lowest BCUT2D eigenvalue weighted by atomic mass is 10.1. The van der Waals surface area contributed by atoms with Gasteiger partial charge in [-0.25, -0.2) is 0 Å².